The predicted octanol–water partition coefficient (Wildman–Crippen LogP) is 3.76. The minimum absolute atomic E-state index is 0.0956. The number of allylic oxidation sites excluding steroid dienone is 2. The molecule has 2 aliphatic rings. The molecule has 6 atom stereocenters. The molecule has 208 valence electrons. The summed E-state index contributed by atoms with van der Waals surface area (Å²) < 4.78 is 7.72. The van der Waals surface area contributed by atoms with Crippen molar-refractivity contribution in [1.29, 1.82) is 0 Å². The Morgan fingerprint density at radius 1 is 1.37 bits per heavy atom. The van der Waals surface area contributed by atoms with Gasteiger partial charge >= 0.3 is 5.97 Å². The molecular weight excluding hydrogens is 523 g/mol. The normalized spacial score (nSPS) is 33.6. The van der Waals surface area contributed by atoms with Crippen LogP contribution in [0.3, 0.4) is 0 Å². The number of hydrogen-bond donors (Lipinski definition) is 3. The molecule has 1 saturated heterocycles. The Hall–Kier alpha value is -1.90. The van der Waals surface area contributed by atoms with Crippen molar-refractivity contribution >= 4 is 35.3 Å². The zero-order chi connectivity index (χ0) is 28.2. The lowest BCUT2D eigenvalue weighted by molar-refractivity contribution is -0.285. The first-order chi connectivity index (χ1) is 17.7. The van der Waals surface area contributed by atoms with Gasteiger partial charge in [-0.15, -0.1) is 11.3 Å². The molecule has 2 aromatic rings. The number of aromatic nitrogens is 2. The van der Waals surface area contributed by atoms with Crippen LogP contribution in [0.15, 0.2) is 34.9 Å². The van der Waals surface area contributed by atoms with Gasteiger partial charge in [-0.25, -0.2) is 4.98 Å². The van der Waals surface area contributed by atoms with Gasteiger partial charge in [0.25, 0.3) is 5.79 Å². The molecule has 3 heterocycles. The van der Waals surface area contributed by atoms with Crippen molar-refractivity contribution in [3.8, 4) is 0 Å². The average Bonchev–Trinajstić information content (AvgIpc) is 3.39. The third-order valence-corrected chi connectivity index (χ3v) is 14.1. The van der Waals surface area contributed by atoms with E-state index in [0.717, 1.165) is 10.5 Å². The summed E-state index contributed by atoms with van der Waals surface area (Å²) in [7, 11) is -1.96. The van der Waals surface area contributed by atoms with Crippen LogP contribution in [0.25, 0.3) is 4.96 Å². The highest BCUT2D eigenvalue weighted by Gasteiger charge is 2.71. The molecule has 2 bridgehead atoms. The first-order valence-corrected chi connectivity index (χ1v) is 16.8. The highest BCUT2D eigenvalue weighted by Crippen LogP contribution is 2.69. The van der Waals surface area contributed by atoms with E-state index in [1.807, 2.05) is 32.3 Å². The maximum absolute atomic E-state index is 14.7. The van der Waals surface area contributed by atoms with Crippen LogP contribution in [0, 0.1) is 18.3 Å². The molecule has 1 fully saturated rings. The van der Waals surface area contributed by atoms with E-state index in [1.54, 1.807) is 23.5 Å². The standard InChI is InChI=1S/C28H40N2O6PS/c1-8-16(2)14-27-17(3)11-18(4)37(6,7)22(25(27)34)12-20(15-31)24(33)28(27,35)36-23(32)13-21-19(5)29-26-30(21)9-10-38-26/h9-10,12,14,17-18,22,24,31,33,35H,8,11,13,15H2,1-7H3/q+1/b16-14+/t17-,18?,22?,24?,27?,28?/m1/s1. The van der Waals surface area contributed by atoms with Crippen LogP contribution < -0.4 is 0 Å². The summed E-state index contributed by atoms with van der Waals surface area (Å²) in [5.74, 6) is -4.11. The van der Waals surface area contributed by atoms with Crippen molar-refractivity contribution in [1.82, 2.24) is 9.38 Å². The number of ether oxygens (including phenoxy) is 1. The maximum atomic E-state index is 14.7. The Morgan fingerprint density at radius 3 is 2.68 bits per heavy atom. The van der Waals surface area contributed by atoms with Crippen molar-refractivity contribution in [3.05, 3.63) is 46.3 Å². The quantitative estimate of drug-likeness (QED) is 0.212. The monoisotopic (exact) mass is 563 g/mol. The van der Waals surface area contributed by atoms with E-state index < -0.39 is 48.7 Å². The van der Waals surface area contributed by atoms with Gasteiger partial charge in [0.15, 0.2) is 10.7 Å². The molecule has 0 aromatic carbocycles. The number of imidazole rings is 1. The number of esters is 1. The third-order valence-electron chi connectivity index (χ3n) is 9.04. The molecule has 38 heavy (non-hydrogen) atoms. The van der Waals surface area contributed by atoms with Gasteiger partial charge in [-0.1, -0.05) is 25.5 Å². The molecule has 4 rings (SSSR count). The Kier molecular flexibility index (Phi) is 7.85. The van der Waals surface area contributed by atoms with Gasteiger partial charge in [-0.3, -0.25) is 14.0 Å². The first-order valence-electron chi connectivity index (χ1n) is 13.1. The second-order valence-corrected chi connectivity index (χ2v) is 17.1. The van der Waals surface area contributed by atoms with Crippen LogP contribution in [-0.4, -0.2) is 79.6 Å². The van der Waals surface area contributed by atoms with Gasteiger partial charge in [-0.2, -0.15) is 0 Å². The molecule has 3 N–H and O–H groups in total. The fourth-order valence-electron chi connectivity index (χ4n) is 6.19. The average molecular weight is 564 g/mol. The van der Waals surface area contributed by atoms with Crippen molar-refractivity contribution in [2.24, 2.45) is 11.3 Å². The van der Waals surface area contributed by atoms with Crippen LogP contribution in [0.5, 0.6) is 0 Å². The van der Waals surface area contributed by atoms with Gasteiger partial charge in [-0.05, 0) is 51.2 Å². The second kappa shape index (κ2) is 10.3. The Balaban J connectivity index is 1.91. The van der Waals surface area contributed by atoms with Crippen LogP contribution >= 0.6 is 18.6 Å². The molecule has 0 saturated carbocycles. The van der Waals surface area contributed by atoms with Gasteiger partial charge < -0.3 is 20.1 Å². The Labute approximate surface area is 228 Å². The first kappa shape index (κ1) is 29.1. The molecule has 0 spiro atoms. The fourth-order valence-corrected chi connectivity index (χ4v) is 9.77. The Morgan fingerprint density at radius 2 is 2.05 bits per heavy atom. The number of hydrogen-bond acceptors (Lipinski definition) is 8. The highest BCUT2D eigenvalue weighted by molar-refractivity contribution is 7.76. The summed E-state index contributed by atoms with van der Waals surface area (Å²) >= 11 is 1.44. The molecule has 2 aromatic heterocycles. The number of fused-ring (bicyclic) bond motifs is 3. The summed E-state index contributed by atoms with van der Waals surface area (Å²) in [5.41, 5.74) is 0.0881. The fraction of sp³-hybridized carbons (Fsp3) is 0.607. The highest BCUT2D eigenvalue weighted by atomic mass is 32.1. The molecule has 0 amide bonds. The lowest BCUT2D eigenvalue weighted by atomic mass is 9.62. The maximum Gasteiger partial charge on any atom is 0.314 e. The van der Waals surface area contributed by atoms with E-state index >= 15 is 0 Å². The van der Waals surface area contributed by atoms with Gasteiger partial charge in [0, 0.05) is 32.2 Å². The SMILES string of the molecule is CC/C(C)=C/C12C(=O)C(C=C(CO)C(O)C1(O)OC(=O)Cc1c(C)nc3sccn13)[P+](C)(C)C(C)C[C@H]2C. The van der Waals surface area contributed by atoms with Crippen LogP contribution in [0.2, 0.25) is 0 Å². The molecule has 1 aliphatic heterocycles. The molecule has 0 radical (unpaired) electrons. The van der Waals surface area contributed by atoms with E-state index in [-0.39, 0.29) is 23.4 Å². The number of carbonyl (C=O) groups excluding carboxylic acids is 2. The lowest BCUT2D eigenvalue weighted by Gasteiger charge is -2.48. The van der Waals surface area contributed by atoms with Crippen LogP contribution in [0.1, 0.15) is 51.9 Å². The minimum Gasteiger partial charge on any atom is -0.428 e. The number of aliphatic hydroxyl groups excluding tert-OH is 2. The van der Waals surface area contributed by atoms with E-state index in [1.165, 1.54) is 11.3 Å². The third kappa shape index (κ3) is 4.31. The minimum atomic E-state index is -2.61. The number of ketones is 1. The number of nitrogens with zero attached hydrogens (tertiary/aromatic N) is 2. The number of Topliss-reactive ketones (excluding diaryl/α,β-unsaturated/α-hetero) is 1. The van der Waals surface area contributed by atoms with E-state index in [4.69, 9.17) is 4.74 Å². The number of aliphatic hydroxyl groups is 3. The zero-order valence-corrected chi connectivity index (χ0v) is 25.0. The number of aryl methyl sites for hydroxylation is 1. The molecule has 5 unspecified atom stereocenters. The van der Waals surface area contributed by atoms with E-state index in [0.29, 0.717) is 24.2 Å². The topological polar surface area (TPSA) is 121 Å². The molecule has 1 aliphatic carbocycles. The van der Waals surface area contributed by atoms with Crippen molar-refractivity contribution in [2.75, 3.05) is 19.9 Å². The van der Waals surface area contributed by atoms with E-state index in [2.05, 4.69) is 25.2 Å². The summed E-state index contributed by atoms with van der Waals surface area (Å²) in [5, 5.41) is 36.3. The largest absolute Gasteiger partial charge is 0.428 e. The van der Waals surface area contributed by atoms with Crippen LogP contribution in [0.4, 0.5) is 0 Å². The van der Waals surface area contributed by atoms with Crippen molar-refractivity contribution in [2.45, 2.75) is 77.1 Å². The number of rotatable bonds is 6. The van der Waals surface area contributed by atoms with Gasteiger partial charge in [0.1, 0.15) is 17.2 Å². The second-order valence-electron chi connectivity index (χ2n) is 11.5. The molecule has 8 nitrogen and oxygen atoms in total. The molecular formula is C28H40N2O6PS+. The van der Waals surface area contributed by atoms with Crippen LogP contribution in [-0.2, 0) is 20.7 Å². The summed E-state index contributed by atoms with van der Waals surface area (Å²) in [6, 6.07) is 0. The number of thiazole rings is 1. The van der Waals surface area contributed by atoms with Crippen molar-refractivity contribution in [3.63, 3.8) is 0 Å². The predicted molar refractivity (Wildman–Crippen MR) is 151 cm³/mol. The van der Waals surface area contributed by atoms with E-state index in [9.17, 15) is 24.9 Å². The smallest absolute Gasteiger partial charge is 0.314 e. The van der Waals surface area contributed by atoms with Crippen molar-refractivity contribution < 1.29 is 29.6 Å². The summed E-state index contributed by atoms with van der Waals surface area (Å²) in [6.07, 6.45) is 4.43. The lowest BCUT2D eigenvalue weighted by Crippen LogP contribution is -2.64. The molecule has 10 heteroatoms. The number of carbonyl (C=O) groups is 2. The summed E-state index contributed by atoms with van der Waals surface area (Å²) in [6.45, 7) is 13.3. The summed E-state index contributed by atoms with van der Waals surface area (Å²) in [4.78, 5) is 33.5. The van der Waals surface area contributed by atoms with Gasteiger partial charge in [0.05, 0.1) is 30.1 Å². The van der Waals surface area contributed by atoms with Gasteiger partial charge in [0.2, 0.25) is 0 Å². The zero-order valence-electron chi connectivity index (χ0n) is 23.3. The Bertz CT molecular complexity index is 1310.